The van der Waals surface area contributed by atoms with Crippen molar-refractivity contribution >= 4 is 6.09 Å². The third-order valence-corrected chi connectivity index (χ3v) is 5.39. The van der Waals surface area contributed by atoms with Crippen LogP contribution in [0.25, 0.3) is 0 Å². The van der Waals surface area contributed by atoms with Crippen LogP contribution in [0.2, 0.25) is 0 Å². The summed E-state index contributed by atoms with van der Waals surface area (Å²) in [5.41, 5.74) is 1.04. The number of carbonyl (C=O) groups is 1. The van der Waals surface area contributed by atoms with E-state index >= 15 is 0 Å². The van der Waals surface area contributed by atoms with Gasteiger partial charge in [-0.05, 0) is 58.4 Å². The van der Waals surface area contributed by atoms with Crippen LogP contribution in [0, 0.1) is 5.92 Å². The first kappa shape index (κ1) is 18.2. The first-order chi connectivity index (χ1) is 11.8. The maximum absolute atomic E-state index is 12.2. The summed E-state index contributed by atoms with van der Waals surface area (Å²) in [6, 6.07) is 11.9. The Morgan fingerprint density at radius 3 is 2.44 bits per heavy atom. The lowest BCUT2D eigenvalue weighted by Crippen LogP contribution is -2.46. The highest BCUT2D eigenvalue weighted by molar-refractivity contribution is 5.68. The van der Waals surface area contributed by atoms with Crippen molar-refractivity contribution in [2.75, 3.05) is 13.1 Å². The van der Waals surface area contributed by atoms with Gasteiger partial charge in [0.1, 0.15) is 5.60 Å². The number of ether oxygens (including phenoxy) is 1. The van der Waals surface area contributed by atoms with E-state index < -0.39 is 5.60 Å². The number of hydrogen-bond donors (Lipinski definition) is 1. The average molecular weight is 344 g/mol. The van der Waals surface area contributed by atoms with E-state index in [0.717, 1.165) is 25.9 Å². The van der Waals surface area contributed by atoms with Gasteiger partial charge in [0.05, 0.1) is 0 Å². The van der Waals surface area contributed by atoms with E-state index in [1.807, 2.05) is 25.7 Å². The van der Waals surface area contributed by atoms with Gasteiger partial charge in [-0.25, -0.2) is 4.79 Å². The molecule has 1 heterocycles. The van der Waals surface area contributed by atoms with Crippen LogP contribution in [0.1, 0.15) is 58.4 Å². The third-order valence-electron chi connectivity index (χ3n) is 5.39. The van der Waals surface area contributed by atoms with Crippen molar-refractivity contribution in [2.45, 2.75) is 70.6 Å². The van der Waals surface area contributed by atoms with Gasteiger partial charge in [-0.3, -0.25) is 0 Å². The van der Waals surface area contributed by atoms with Gasteiger partial charge in [0, 0.05) is 31.1 Å². The second kappa shape index (κ2) is 7.36. The molecule has 1 aliphatic heterocycles. The van der Waals surface area contributed by atoms with E-state index in [1.165, 1.54) is 12.0 Å². The van der Waals surface area contributed by atoms with Gasteiger partial charge >= 0.3 is 6.09 Å². The van der Waals surface area contributed by atoms with Crippen LogP contribution in [0.4, 0.5) is 4.79 Å². The Kier molecular flexibility index (Phi) is 5.38. The topological polar surface area (TPSA) is 41.6 Å². The minimum Gasteiger partial charge on any atom is -0.444 e. The number of rotatable bonds is 4. The highest BCUT2D eigenvalue weighted by Gasteiger charge is 2.40. The van der Waals surface area contributed by atoms with E-state index in [2.05, 4.69) is 42.6 Å². The van der Waals surface area contributed by atoms with Gasteiger partial charge < -0.3 is 15.0 Å². The Labute approximate surface area is 151 Å². The molecule has 1 amide bonds. The highest BCUT2D eigenvalue weighted by atomic mass is 16.6. The van der Waals surface area contributed by atoms with Gasteiger partial charge in [0.2, 0.25) is 0 Å². The maximum atomic E-state index is 12.2. The fourth-order valence-corrected chi connectivity index (χ4v) is 3.83. The molecule has 0 spiro atoms. The monoisotopic (exact) mass is 344 g/mol. The van der Waals surface area contributed by atoms with Crippen molar-refractivity contribution in [3.63, 3.8) is 0 Å². The Morgan fingerprint density at radius 2 is 1.84 bits per heavy atom. The lowest BCUT2D eigenvalue weighted by molar-refractivity contribution is 0.0171. The summed E-state index contributed by atoms with van der Waals surface area (Å²) in [5.74, 6) is 1.31. The molecule has 25 heavy (non-hydrogen) atoms. The van der Waals surface area contributed by atoms with Crippen molar-refractivity contribution in [1.29, 1.82) is 0 Å². The van der Waals surface area contributed by atoms with Crippen molar-refractivity contribution < 1.29 is 9.53 Å². The maximum Gasteiger partial charge on any atom is 0.410 e. The molecular formula is C21H32N2O2. The van der Waals surface area contributed by atoms with Crippen molar-refractivity contribution in [1.82, 2.24) is 10.2 Å². The van der Waals surface area contributed by atoms with Crippen molar-refractivity contribution in [2.24, 2.45) is 5.92 Å². The van der Waals surface area contributed by atoms with Gasteiger partial charge in [-0.15, -0.1) is 0 Å². The van der Waals surface area contributed by atoms with Gasteiger partial charge in [0.25, 0.3) is 0 Å². The highest BCUT2D eigenvalue weighted by Crippen LogP contribution is 2.41. The summed E-state index contributed by atoms with van der Waals surface area (Å²) in [6.45, 7) is 9.66. The zero-order chi connectivity index (χ0) is 18.0. The standard InChI is InChI=1S/C21H32N2O2/c1-15(22-19-14-18(19)17-8-6-5-7-9-17)16-10-12-23(13-11-16)20(24)25-21(2,3)4/h5-9,15-16,18-19,22H,10-14H2,1-4H3. The Balaban J connectivity index is 1.42. The molecule has 3 unspecified atom stereocenters. The number of nitrogens with one attached hydrogen (secondary N) is 1. The first-order valence-electron chi connectivity index (χ1n) is 9.62. The van der Waals surface area contributed by atoms with E-state index in [4.69, 9.17) is 4.74 Å². The predicted octanol–water partition coefficient (Wildman–Crippen LogP) is 4.17. The Bertz CT molecular complexity index is 573. The molecule has 1 aromatic carbocycles. The van der Waals surface area contributed by atoms with Crippen LogP contribution < -0.4 is 5.32 Å². The van der Waals surface area contributed by atoms with E-state index in [1.54, 1.807) is 0 Å². The second-order valence-corrected chi connectivity index (χ2v) is 8.62. The smallest absolute Gasteiger partial charge is 0.410 e. The normalized spacial score (nSPS) is 25.5. The lowest BCUT2D eigenvalue weighted by Gasteiger charge is -2.36. The number of benzene rings is 1. The molecule has 1 saturated heterocycles. The average Bonchev–Trinajstić information content (AvgIpc) is 3.33. The minimum atomic E-state index is -0.415. The number of nitrogens with zero attached hydrogens (tertiary/aromatic N) is 1. The van der Waals surface area contributed by atoms with Crippen molar-refractivity contribution in [3.8, 4) is 0 Å². The van der Waals surface area contributed by atoms with Crippen molar-refractivity contribution in [3.05, 3.63) is 35.9 Å². The SMILES string of the molecule is CC(NC1CC1c1ccccc1)C1CCN(C(=O)OC(C)(C)C)CC1. The molecule has 0 radical (unpaired) electrons. The van der Waals surface area contributed by atoms with Crippen LogP contribution in [0.15, 0.2) is 30.3 Å². The van der Waals surface area contributed by atoms with Gasteiger partial charge in [-0.1, -0.05) is 30.3 Å². The second-order valence-electron chi connectivity index (χ2n) is 8.62. The zero-order valence-corrected chi connectivity index (χ0v) is 16.0. The summed E-state index contributed by atoms with van der Waals surface area (Å²) in [5, 5.41) is 3.82. The molecule has 1 N–H and O–H groups in total. The molecule has 4 heteroatoms. The van der Waals surface area contributed by atoms with Gasteiger partial charge in [0.15, 0.2) is 0 Å². The quantitative estimate of drug-likeness (QED) is 0.891. The summed E-state index contributed by atoms with van der Waals surface area (Å²) in [4.78, 5) is 14.0. The van der Waals surface area contributed by atoms with E-state index in [9.17, 15) is 4.79 Å². The number of hydrogen-bond acceptors (Lipinski definition) is 3. The number of carbonyl (C=O) groups excluding carboxylic acids is 1. The summed E-state index contributed by atoms with van der Waals surface area (Å²) >= 11 is 0. The molecular weight excluding hydrogens is 312 g/mol. The molecule has 138 valence electrons. The molecule has 3 rings (SSSR count). The summed E-state index contributed by atoms with van der Waals surface area (Å²) in [7, 11) is 0. The molecule has 2 fully saturated rings. The number of likely N-dealkylation sites (tertiary alicyclic amines) is 1. The van der Waals surface area contributed by atoms with Crippen LogP contribution in [-0.2, 0) is 4.74 Å². The summed E-state index contributed by atoms with van der Waals surface area (Å²) < 4.78 is 5.48. The fraction of sp³-hybridized carbons (Fsp3) is 0.667. The first-order valence-corrected chi connectivity index (χ1v) is 9.62. The Morgan fingerprint density at radius 1 is 1.20 bits per heavy atom. The molecule has 1 saturated carbocycles. The van der Waals surface area contributed by atoms with E-state index in [-0.39, 0.29) is 6.09 Å². The minimum absolute atomic E-state index is 0.169. The third kappa shape index (κ3) is 4.97. The number of amides is 1. The lowest BCUT2D eigenvalue weighted by atomic mass is 9.90. The van der Waals surface area contributed by atoms with E-state index in [0.29, 0.717) is 23.9 Å². The molecule has 2 aliphatic rings. The molecule has 0 aromatic heterocycles. The zero-order valence-electron chi connectivity index (χ0n) is 16.0. The molecule has 1 aliphatic carbocycles. The molecule has 4 nitrogen and oxygen atoms in total. The van der Waals surface area contributed by atoms with Crippen LogP contribution in [0.3, 0.4) is 0 Å². The van der Waals surface area contributed by atoms with Crippen LogP contribution in [0.5, 0.6) is 0 Å². The largest absolute Gasteiger partial charge is 0.444 e. The molecule has 0 bridgehead atoms. The molecule has 3 atom stereocenters. The van der Waals surface area contributed by atoms with Gasteiger partial charge in [-0.2, -0.15) is 0 Å². The summed E-state index contributed by atoms with van der Waals surface area (Å²) in [6.07, 6.45) is 3.18. The fourth-order valence-electron chi connectivity index (χ4n) is 3.83. The predicted molar refractivity (Wildman–Crippen MR) is 101 cm³/mol. The van der Waals surface area contributed by atoms with Crippen LogP contribution >= 0.6 is 0 Å². The van der Waals surface area contributed by atoms with Crippen LogP contribution in [-0.4, -0.2) is 41.8 Å². The number of piperidine rings is 1. The molecule has 1 aromatic rings. The Hall–Kier alpha value is -1.55.